The Labute approximate surface area is 90.3 Å². The lowest BCUT2D eigenvalue weighted by Gasteiger charge is -2.42. The normalized spacial score (nSPS) is 31.6. The van der Waals surface area contributed by atoms with Crippen LogP contribution in [0.15, 0.2) is 12.4 Å². The Morgan fingerprint density at radius 2 is 1.53 bits per heavy atom. The molecule has 2 heteroatoms. The van der Waals surface area contributed by atoms with Crippen molar-refractivity contribution >= 4 is 5.69 Å². The molecule has 1 fully saturated rings. The van der Waals surface area contributed by atoms with Crippen LogP contribution < -0.4 is 4.90 Å². The highest BCUT2D eigenvalue weighted by atomic mass is 15.2. The van der Waals surface area contributed by atoms with Crippen molar-refractivity contribution in [3.8, 4) is 0 Å². The number of hydrogen-bond acceptors (Lipinski definition) is 2. The van der Waals surface area contributed by atoms with E-state index in [9.17, 15) is 0 Å². The summed E-state index contributed by atoms with van der Waals surface area (Å²) in [6, 6.07) is 1.70. The fourth-order valence-corrected chi connectivity index (χ4v) is 3.78. The second-order valence-corrected chi connectivity index (χ2v) is 5.18. The summed E-state index contributed by atoms with van der Waals surface area (Å²) in [7, 11) is 0. The van der Waals surface area contributed by atoms with Gasteiger partial charge >= 0.3 is 0 Å². The van der Waals surface area contributed by atoms with E-state index < -0.39 is 0 Å². The first-order valence-electron chi connectivity index (χ1n) is 6.17. The van der Waals surface area contributed by atoms with Crippen molar-refractivity contribution in [1.29, 1.82) is 0 Å². The fraction of sp³-hybridized carbons (Fsp3) is 0.615. The van der Waals surface area contributed by atoms with Gasteiger partial charge in [0, 0.05) is 30.2 Å². The van der Waals surface area contributed by atoms with Crippen molar-refractivity contribution in [2.75, 3.05) is 4.90 Å². The van der Waals surface area contributed by atoms with E-state index in [1.807, 2.05) is 0 Å². The molecule has 0 spiro atoms. The first-order chi connectivity index (χ1) is 7.43. The minimum atomic E-state index is 0.851. The van der Waals surface area contributed by atoms with Crippen LogP contribution in [0.25, 0.3) is 0 Å². The average molecular weight is 200 g/mol. The van der Waals surface area contributed by atoms with Crippen molar-refractivity contribution < 1.29 is 0 Å². The number of rotatable bonds is 0. The zero-order valence-corrected chi connectivity index (χ0v) is 8.95. The van der Waals surface area contributed by atoms with Gasteiger partial charge in [-0.15, -0.1) is 0 Å². The summed E-state index contributed by atoms with van der Waals surface area (Å²) in [6.07, 6.45) is 12.3. The summed E-state index contributed by atoms with van der Waals surface area (Å²) in [5, 5.41) is 0. The summed E-state index contributed by atoms with van der Waals surface area (Å²) in [5.41, 5.74) is 4.60. The lowest BCUT2D eigenvalue weighted by molar-refractivity contribution is 0.519. The minimum Gasteiger partial charge on any atom is -0.365 e. The third kappa shape index (κ3) is 0.973. The van der Waals surface area contributed by atoms with Gasteiger partial charge in [-0.05, 0) is 49.7 Å². The number of anilines is 1. The molecule has 3 aliphatic heterocycles. The van der Waals surface area contributed by atoms with Crippen molar-refractivity contribution in [1.82, 2.24) is 4.98 Å². The van der Waals surface area contributed by atoms with Crippen molar-refractivity contribution in [3.05, 3.63) is 23.5 Å². The Kier molecular flexibility index (Phi) is 1.49. The van der Waals surface area contributed by atoms with Crippen molar-refractivity contribution in [2.24, 2.45) is 0 Å². The summed E-state index contributed by atoms with van der Waals surface area (Å²) in [6.45, 7) is 0. The van der Waals surface area contributed by atoms with E-state index in [1.165, 1.54) is 49.7 Å². The third-order valence-electron chi connectivity index (χ3n) is 4.44. The lowest BCUT2D eigenvalue weighted by Crippen LogP contribution is -2.43. The van der Waals surface area contributed by atoms with E-state index in [1.54, 1.807) is 5.69 Å². The highest BCUT2D eigenvalue weighted by Gasteiger charge is 2.40. The Bertz CT molecular complexity index is 379. The second kappa shape index (κ2) is 2.75. The zero-order valence-electron chi connectivity index (χ0n) is 8.95. The molecule has 3 aliphatic rings. The molecule has 0 bridgehead atoms. The van der Waals surface area contributed by atoms with Crippen LogP contribution in [0, 0.1) is 0 Å². The van der Waals surface area contributed by atoms with E-state index >= 15 is 0 Å². The fourth-order valence-electron chi connectivity index (χ4n) is 3.78. The highest BCUT2D eigenvalue weighted by molar-refractivity contribution is 5.64. The Hall–Kier alpha value is -1.05. The molecular formula is C13H16N2. The van der Waals surface area contributed by atoms with Crippen LogP contribution in [-0.2, 0) is 12.8 Å². The van der Waals surface area contributed by atoms with E-state index in [-0.39, 0.29) is 0 Å². The van der Waals surface area contributed by atoms with Crippen LogP contribution in [-0.4, -0.2) is 17.1 Å². The van der Waals surface area contributed by atoms with Crippen LogP contribution in [0.3, 0.4) is 0 Å². The van der Waals surface area contributed by atoms with Gasteiger partial charge in [0.05, 0.1) is 0 Å². The number of nitrogens with zero attached hydrogens (tertiary/aromatic N) is 2. The monoisotopic (exact) mass is 200 g/mol. The van der Waals surface area contributed by atoms with Gasteiger partial charge in [-0.1, -0.05) is 0 Å². The average Bonchev–Trinajstić information content (AvgIpc) is 2.71. The molecule has 2 atom stereocenters. The Morgan fingerprint density at radius 3 is 2.13 bits per heavy atom. The van der Waals surface area contributed by atoms with Crippen molar-refractivity contribution in [2.45, 2.75) is 50.6 Å². The van der Waals surface area contributed by atoms with Gasteiger partial charge in [0.1, 0.15) is 0 Å². The van der Waals surface area contributed by atoms with E-state index in [2.05, 4.69) is 22.3 Å². The smallest absolute Gasteiger partial charge is 0.0467 e. The quantitative estimate of drug-likeness (QED) is 0.639. The minimum absolute atomic E-state index is 0.851. The number of aromatic nitrogens is 1. The summed E-state index contributed by atoms with van der Waals surface area (Å²) < 4.78 is 0. The SMILES string of the molecule is c1ncc2c3c1CCC1CCC(CC2)N31. The molecule has 1 aromatic heterocycles. The van der Waals surface area contributed by atoms with Crippen LogP contribution in [0.1, 0.15) is 36.8 Å². The van der Waals surface area contributed by atoms with Gasteiger partial charge in [-0.3, -0.25) is 4.98 Å². The van der Waals surface area contributed by atoms with E-state index in [0.29, 0.717) is 0 Å². The molecule has 0 aliphatic carbocycles. The first kappa shape index (κ1) is 8.14. The molecule has 0 saturated carbocycles. The predicted molar refractivity (Wildman–Crippen MR) is 60.2 cm³/mol. The number of pyridine rings is 1. The van der Waals surface area contributed by atoms with Crippen LogP contribution in [0.5, 0.6) is 0 Å². The molecule has 2 nitrogen and oxygen atoms in total. The molecule has 4 heterocycles. The zero-order chi connectivity index (χ0) is 9.83. The molecule has 0 radical (unpaired) electrons. The summed E-state index contributed by atoms with van der Waals surface area (Å²) in [5.74, 6) is 0. The van der Waals surface area contributed by atoms with Gasteiger partial charge < -0.3 is 4.90 Å². The molecule has 78 valence electrons. The van der Waals surface area contributed by atoms with Crippen LogP contribution in [0.2, 0.25) is 0 Å². The Morgan fingerprint density at radius 1 is 0.933 bits per heavy atom. The van der Waals surface area contributed by atoms with Gasteiger partial charge in [0.15, 0.2) is 0 Å². The molecule has 1 aromatic rings. The largest absolute Gasteiger partial charge is 0.365 e. The third-order valence-corrected chi connectivity index (χ3v) is 4.44. The highest BCUT2D eigenvalue weighted by Crippen LogP contribution is 2.45. The maximum Gasteiger partial charge on any atom is 0.0467 e. The number of hydrogen-bond donors (Lipinski definition) is 0. The van der Waals surface area contributed by atoms with Crippen LogP contribution in [0.4, 0.5) is 5.69 Å². The van der Waals surface area contributed by atoms with Gasteiger partial charge in [-0.2, -0.15) is 0 Å². The maximum atomic E-state index is 4.38. The van der Waals surface area contributed by atoms with Crippen molar-refractivity contribution in [3.63, 3.8) is 0 Å². The standard InChI is InChI=1S/C13H16N2/c1-3-11-5-6-12-4-2-10-8-14-7-9(1)13(10)15(11)12/h7-8,11-12H,1-6H2. The van der Waals surface area contributed by atoms with Gasteiger partial charge in [0.2, 0.25) is 0 Å². The molecule has 0 N–H and O–H groups in total. The maximum absolute atomic E-state index is 4.38. The lowest BCUT2D eigenvalue weighted by atomic mass is 9.90. The summed E-state index contributed by atoms with van der Waals surface area (Å²) >= 11 is 0. The molecule has 1 saturated heterocycles. The molecule has 0 amide bonds. The number of aryl methyl sites for hydroxylation is 2. The molecule has 15 heavy (non-hydrogen) atoms. The predicted octanol–water partition coefficient (Wildman–Crippen LogP) is 2.31. The second-order valence-electron chi connectivity index (χ2n) is 5.18. The topological polar surface area (TPSA) is 16.1 Å². The molecule has 4 rings (SSSR count). The molecule has 0 aromatic carbocycles. The van der Waals surface area contributed by atoms with E-state index in [0.717, 1.165) is 12.1 Å². The summed E-state index contributed by atoms with van der Waals surface area (Å²) in [4.78, 5) is 7.12. The van der Waals surface area contributed by atoms with Gasteiger partial charge in [0.25, 0.3) is 0 Å². The van der Waals surface area contributed by atoms with E-state index in [4.69, 9.17) is 0 Å². The molecular weight excluding hydrogens is 184 g/mol. The molecule has 2 unspecified atom stereocenters. The first-order valence-corrected chi connectivity index (χ1v) is 6.17. The Balaban J connectivity index is 1.95. The van der Waals surface area contributed by atoms with Gasteiger partial charge in [-0.25, -0.2) is 0 Å². The van der Waals surface area contributed by atoms with Crippen LogP contribution >= 0.6 is 0 Å².